The van der Waals surface area contributed by atoms with Crippen molar-refractivity contribution in [2.24, 2.45) is 4.99 Å². The Hall–Kier alpha value is -0.920. The van der Waals surface area contributed by atoms with Crippen LogP contribution in [-0.2, 0) is 14.6 Å². The van der Waals surface area contributed by atoms with Crippen LogP contribution in [0.4, 0.5) is 0 Å². The molecule has 0 saturated heterocycles. The monoisotopic (exact) mass is 210 g/mol. The van der Waals surface area contributed by atoms with Crippen LogP contribution in [0.3, 0.4) is 0 Å². The van der Waals surface area contributed by atoms with Gasteiger partial charge < -0.3 is 5.32 Å². The fourth-order valence-corrected chi connectivity index (χ4v) is 0.323. The molecule has 1 aliphatic rings. The molecule has 0 atom stereocenters. The zero-order valence-corrected chi connectivity index (χ0v) is 8.25. The fraction of sp³-hybridized carbons (Fsp3) is 0.500. The molecule has 0 unspecified atom stereocenters. The Balaban J connectivity index is 0. The van der Waals surface area contributed by atoms with Crippen molar-refractivity contribution in [3.05, 3.63) is 13.2 Å². The first kappa shape index (κ1) is 14.6. The van der Waals surface area contributed by atoms with E-state index in [1.165, 1.54) is 0 Å². The van der Waals surface area contributed by atoms with Crippen LogP contribution in [0.1, 0.15) is 0 Å². The second kappa shape index (κ2) is 9.17. The van der Waals surface area contributed by atoms with E-state index in [1.807, 2.05) is 0 Å². The molecule has 0 amide bonds. The van der Waals surface area contributed by atoms with E-state index in [4.69, 9.17) is 4.55 Å². The zero-order valence-electron chi connectivity index (χ0n) is 7.43. The standard InChI is InChI=1S/C3H6N2.C2H4.CH4O4S/c1-2-5-3-4-1;1-2;1-5-6(2,3)4/h3H,1-2H2,(H,4,5);1-2H2;1H3,(H,2,3,4). The smallest absolute Gasteiger partial charge is 0.375 e. The molecule has 0 aromatic carbocycles. The van der Waals surface area contributed by atoms with Crippen LogP contribution in [0.2, 0.25) is 0 Å². The Morgan fingerprint density at radius 3 is 2.15 bits per heavy atom. The predicted molar refractivity (Wildman–Crippen MR) is 51.2 cm³/mol. The highest BCUT2D eigenvalue weighted by Crippen LogP contribution is 1.74. The molecular weight excluding hydrogens is 196 g/mol. The van der Waals surface area contributed by atoms with Crippen LogP contribution in [-0.4, -0.2) is 39.5 Å². The van der Waals surface area contributed by atoms with Gasteiger partial charge in [0, 0.05) is 6.54 Å². The van der Waals surface area contributed by atoms with Gasteiger partial charge in [-0.15, -0.1) is 13.2 Å². The van der Waals surface area contributed by atoms with Gasteiger partial charge in [-0.1, -0.05) is 0 Å². The van der Waals surface area contributed by atoms with E-state index in [1.54, 1.807) is 6.34 Å². The molecule has 1 rings (SSSR count). The molecule has 6 nitrogen and oxygen atoms in total. The largest absolute Gasteiger partial charge is 0.397 e. The fourth-order valence-electron chi connectivity index (χ4n) is 0.323. The van der Waals surface area contributed by atoms with Crippen molar-refractivity contribution in [1.29, 1.82) is 0 Å². The second-order valence-corrected chi connectivity index (χ2v) is 2.77. The number of rotatable bonds is 1. The molecule has 2 N–H and O–H groups in total. The lowest BCUT2D eigenvalue weighted by Crippen LogP contribution is -2.04. The highest BCUT2D eigenvalue weighted by Gasteiger charge is 1.94. The molecule has 0 aromatic rings. The average Bonchev–Trinajstić information content (AvgIpc) is 2.64. The summed E-state index contributed by atoms with van der Waals surface area (Å²) < 4.78 is 29.7. The highest BCUT2D eigenvalue weighted by atomic mass is 32.3. The number of nitrogens with zero attached hydrogens (tertiary/aromatic N) is 1. The molecule has 0 bridgehead atoms. The first-order chi connectivity index (χ1) is 6.06. The van der Waals surface area contributed by atoms with Gasteiger partial charge in [0.05, 0.1) is 20.0 Å². The van der Waals surface area contributed by atoms with Gasteiger partial charge in [0.1, 0.15) is 0 Å². The van der Waals surface area contributed by atoms with E-state index < -0.39 is 10.4 Å². The third-order valence-corrected chi connectivity index (χ3v) is 1.20. The molecule has 0 saturated carbocycles. The molecule has 13 heavy (non-hydrogen) atoms. The molecule has 0 aliphatic carbocycles. The third kappa shape index (κ3) is 18.2. The minimum Gasteiger partial charge on any atom is -0.375 e. The van der Waals surface area contributed by atoms with Gasteiger partial charge in [-0.2, -0.15) is 8.42 Å². The summed E-state index contributed by atoms with van der Waals surface area (Å²) in [7, 11) is -3.29. The first-order valence-corrected chi connectivity index (χ1v) is 4.67. The number of hydrogen-bond acceptors (Lipinski definition) is 5. The number of aliphatic imine (C=N–C) groups is 1. The van der Waals surface area contributed by atoms with Crippen LogP contribution < -0.4 is 5.32 Å². The number of hydrogen-bond donors (Lipinski definition) is 2. The van der Waals surface area contributed by atoms with Crippen LogP contribution >= 0.6 is 0 Å². The summed E-state index contributed by atoms with van der Waals surface area (Å²) in [4.78, 5) is 3.85. The Morgan fingerprint density at radius 2 is 2.08 bits per heavy atom. The SMILES string of the molecule is C1=NCCN1.C=C.COS(=O)(=O)O. The highest BCUT2D eigenvalue weighted by molar-refractivity contribution is 7.80. The summed E-state index contributed by atoms with van der Waals surface area (Å²) in [6.07, 6.45) is 1.74. The number of nitrogens with one attached hydrogen (secondary N) is 1. The first-order valence-electron chi connectivity index (χ1n) is 3.31. The molecule has 0 aromatic heterocycles. The van der Waals surface area contributed by atoms with Crippen molar-refractivity contribution in [2.75, 3.05) is 20.2 Å². The van der Waals surface area contributed by atoms with Gasteiger partial charge in [0.15, 0.2) is 0 Å². The molecule has 0 spiro atoms. The lowest BCUT2D eigenvalue weighted by molar-refractivity contribution is 0.324. The zero-order chi connectivity index (χ0) is 10.7. The molecule has 7 heteroatoms. The summed E-state index contributed by atoms with van der Waals surface area (Å²) in [6, 6.07) is 0. The summed E-state index contributed by atoms with van der Waals surface area (Å²) in [5.74, 6) is 0. The van der Waals surface area contributed by atoms with Gasteiger partial charge in [-0.3, -0.25) is 13.7 Å². The summed E-state index contributed by atoms with van der Waals surface area (Å²) >= 11 is 0. The van der Waals surface area contributed by atoms with E-state index in [0.29, 0.717) is 0 Å². The Kier molecular flexibility index (Phi) is 10.3. The Morgan fingerprint density at radius 1 is 1.62 bits per heavy atom. The van der Waals surface area contributed by atoms with E-state index in [0.717, 1.165) is 20.2 Å². The van der Waals surface area contributed by atoms with Gasteiger partial charge >= 0.3 is 10.4 Å². The molecule has 0 fully saturated rings. The van der Waals surface area contributed by atoms with Gasteiger partial charge in [0.2, 0.25) is 0 Å². The van der Waals surface area contributed by atoms with Crippen molar-refractivity contribution in [3.63, 3.8) is 0 Å². The third-order valence-electron chi connectivity index (χ3n) is 0.778. The summed E-state index contributed by atoms with van der Waals surface area (Å²) in [6.45, 7) is 7.99. The van der Waals surface area contributed by atoms with E-state index in [9.17, 15) is 8.42 Å². The molecule has 1 heterocycles. The maximum atomic E-state index is 9.33. The van der Waals surface area contributed by atoms with Crippen LogP contribution in [0.15, 0.2) is 18.2 Å². The van der Waals surface area contributed by atoms with E-state index in [-0.39, 0.29) is 0 Å². The van der Waals surface area contributed by atoms with Gasteiger partial charge in [-0.25, -0.2) is 0 Å². The van der Waals surface area contributed by atoms with Crippen molar-refractivity contribution in [1.82, 2.24) is 5.32 Å². The van der Waals surface area contributed by atoms with Gasteiger partial charge in [-0.05, 0) is 0 Å². The molecule has 78 valence electrons. The van der Waals surface area contributed by atoms with Gasteiger partial charge in [0.25, 0.3) is 0 Å². The minimum atomic E-state index is -4.16. The Labute approximate surface area is 78.3 Å². The normalized spacial score (nSPS) is 13.1. The quantitative estimate of drug-likeness (QED) is 0.464. The van der Waals surface area contributed by atoms with Crippen molar-refractivity contribution in [3.8, 4) is 0 Å². The Bertz CT molecular complexity index is 219. The van der Waals surface area contributed by atoms with Crippen LogP contribution in [0.5, 0.6) is 0 Å². The average molecular weight is 210 g/mol. The minimum absolute atomic E-state index is 0.870. The maximum absolute atomic E-state index is 9.33. The van der Waals surface area contributed by atoms with E-state index in [2.05, 4.69) is 27.7 Å². The summed E-state index contributed by atoms with van der Waals surface area (Å²) in [5, 5.41) is 2.93. The molecular formula is C6H14N2O4S. The van der Waals surface area contributed by atoms with Crippen LogP contribution in [0, 0.1) is 0 Å². The molecule has 1 aliphatic heterocycles. The lowest BCUT2D eigenvalue weighted by Gasteiger charge is -1.82. The maximum Gasteiger partial charge on any atom is 0.397 e. The van der Waals surface area contributed by atoms with Crippen molar-refractivity contribution >= 4 is 16.7 Å². The lowest BCUT2D eigenvalue weighted by atomic mass is 10.7. The van der Waals surface area contributed by atoms with Crippen molar-refractivity contribution < 1.29 is 17.2 Å². The van der Waals surface area contributed by atoms with E-state index >= 15 is 0 Å². The summed E-state index contributed by atoms with van der Waals surface area (Å²) in [5.41, 5.74) is 0. The second-order valence-electron chi connectivity index (χ2n) is 1.58. The molecule has 0 radical (unpaired) electrons. The van der Waals surface area contributed by atoms with Crippen LogP contribution in [0.25, 0.3) is 0 Å². The predicted octanol–water partition coefficient (Wildman–Crippen LogP) is -0.144. The van der Waals surface area contributed by atoms with Crippen molar-refractivity contribution in [2.45, 2.75) is 0 Å². The topological polar surface area (TPSA) is 88.0 Å².